The summed E-state index contributed by atoms with van der Waals surface area (Å²) in [6, 6.07) is 5.70. The highest BCUT2D eigenvalue weighted by atomic mass is 16.5. The standard InChI is InChI=1S/C17H20N2O4/c1-10-6-16(19-23-10)18-17(20)8-12-5-4-11-7-14(21-2)15(22-3)9-13(11)12/h6-7,9,12H,4-5,8H2,1-3H3,(H,18,19,20). The fourth-order valence-corrected chi connectivity index (χ4v) is 3.07. The Balaban J connectivity index is 1.73. The van der Waals surface area contributed by atoms with E-state index in [0.717, 1.165) is 24.2 Å². The maximum atomic E-state index is 12.2. The van der Waals surface area contributed by atoms with E-state index in [1.165, 1.54) is 5.56 Å². The van der Waals surface area contributed by atoms with Gasteiger partial charge in [-0.15, -0.1) is 0 Å². The lowest BCUT2D eigenvalue weighted by atomic mass is 9.97. The lowest BCUT2D eigenvalue weighted by Crippen LogP contribution is -2.14. The van der Waals surface area contributed by atoms with Crippen molar-refractivity contribution in [2.45, 2.75) is 32.1 Å². The van der Waals surface area contributed by atoms with E-state index < -0.39 is 0 Å². The van der Waals surface area contributed by atoms with Gasteiger partial charge in [0.25, 0.3) is 0 Å². The third-order valence-corrected chi connectivity index (χ3v) is 4.17. The Kier molecular flexibility index (Phi) is 4.23. The minimum Gasteiger partial charge on any atom is -0.493 e. The van der Waals surface area contributed by atoms with Gasteiger partial charge < -0.3 is 19.3 Å². The first kappa shape index (κ1) is 15.4. The van der Waals surface area contributed by atoms with Crippen LogP contribution in [0.4, 0.5) is 5.82 Å². The molecule has 1 unspecified atom stereocenters. The van der Waals surface area contributed by atoms with E-state index >= 15 is 0 Å². The number of hydrogen-bond donors (Lipinski definition) is 1. The van der Waals surface area contributed by atoms with Crippen molar-refractivity contribution in [2.24, 2.45) is 0 Å². The average Bonchev–Trinajstić information content (AvgIpc) is 3.12. The molecule has 122 valence electrons. The van der Waals surface area contributed by atoms with Gasteiger partial charge in [-0.3, -0.25) is 4.79 Å². The van der Waals surface area contributed by atoms with Gasteiger partial charge in [0, 0.05) is 12.5 Å². The summed E-state index contributed by atoms with van der Waals surface area (Å²) in [6.07, 6.45) is 2.29. The zero-order valence-corrected chi connectivity index (χ0v) is 13.5. The largest absolute Gasteiger partial charge is 0.493 e. The van der Waals surface area contributed by atoms with E-state index in [-0.39, 0.29) is 11.8 Å². The maximum absolute atomic E-state index is 12.2. The van der Waals surface area contributed by atoms with Crippen molar-refractivity contribution in [1.82, 2.24) is 5.16 Å². The molecule has 0 fully saturated rings. The highest BCUT2D eigenvalue weighted by molar-refractivity contribution is 5.90. The summed E-state index contributed by atoms with van der Waals surface area (Å²) >= 11 is 0. The maximum Gasteiger partial charge on any atom is 0.226 e. The van der Waals surface area contributed by atoms with Crippen LogP contribution in [0.1, 0.15) is 35.6 Å². The number of methoxy groups -OCH3 is 2. The minimum atomic E-state index is -0.0639. The number of aryl methyl sites for hydroxylation is 2. The molecule has 1 aliphatic carbocycles. The number of nitrogens with one attached hydrogen (secondary N) is 1. The van der Waals surface area contributed by atoms with Gasteiger partial charge in [0.15, 0.2) is 17.3 Å². The Morgan fingerprint density at radius 1 is 1.30 bits per heavy atom. The summed E-state index contributed by atoms with van der Waals surface area (Å²) in [5.74, 6) is 2.67. The summed E-state index contributed by atoms with van der Waals surface area (Å²) < 4.78 is 15.7. The number of fused-ring (bicyclic) bond motifs is 1. The fraction of sp³-hybridized carbons (Fsp3) is 0.412. The summed E-state index contributed by atoms with van der Waals surface area (Å²) in [5, 5.41) is 6.55. The number of benzene rings is 1. The SMILES string of the molecule is COc1cc2c(cc1OC)C(CC(=O)Nc1cc(C)on1)CC2. The van der Waals surface area contributed by atoms with Gasteiger partial charge in [-0.1, -0.05) is 5.16 Å². The van der Waals surface area contributed by atoms with E-state index in [1.54, 1.807) is 27.2 Å². The predicted octanol–water partition coefficient (Wildman–Crippen LogP) is 3.06. The van der Waals surface area contributed by atoms with Crippen LogP contribution in [0.3, 0.4) is 0 Å². The molecule has 23 heavy (non-hydrogen) atoms. The van der Waals surface area contributed by atoms with Gasteiger partial charge in [-0.25, -0.2) is 0 Å². The van der Waals surface area contributed by atoms with E-state index in [4.69, 9.17) is 14.0 Å². The van der Waals surface area contributed by atoms with Crippen LogP contribution in [-0.2, 0) is 11.2 Å². The zero-order valence-electron chi connectivity index (χ0n) is 13.5. The number of amides is 1. The van der Waals surface area contributed by atoms with Gasteiger partial charge in [0.1, 0.15) is 5.76 Å². The molecular weight excluding hydrogens is 296 g/mol. The van der Waals surface area contributed by atoms with Crippen LogP contribution in [0.15, 0.2) is 22.7 Å². The highest BCUT2D eigenvalue weighted by Gasteiger charge is 2.27. The second-order valence-electron chi connectivity index (χ2n) is 5.72. The quantitative estimate of drug-likeness (QED) is 0.917. The fourth-order valence-electron chi connectivity index (χ4n) is 3.07. The summed E-state index contributed by atoms with van der Waals surface area (Å²) in [4.78, 5) is 12.2. The molecule has 0 bridgehead atoms. The molecule has 1 aliphatic rings. The van der Waals surface area contributed by atoms with E-state index in [2.05, 4.69) is 10.5 Å². The Labute approximate surface area is 134 Å². The molecule has 1 aromatic carbocycles. The molecule has 1 amide bonds. The van der Waals surface area contributed by atoms with Crippen LogP contribution in [0, 0.1) is 6.92 Å². The molecule has 1 N–H and O–H groups in total. The lowest BCUT2D eigenvalue weighted by molar-refractivity contribution is -0.116. The molecule has 2 aromatic rings. The van der Waals surface area contributed by atoms with Gasteiger partial charge in [-0.2, -0.15) is 0 Å². The molecular formula is C17H20N2O4. The molecule has 1 heterocycles. The second-order valence-corrected chi connectivity index (χ2v) is 5.72. The monoisotopic (exact) mass is 316 g/mol. The topological polar surface area (TPSA) is 73.6 Å². The van der Waals surface area contributed by atoms with Gasteiger partial charge in [0.2, 0.25) is 5.91 Å². The van der Waals surface area contributed by atoms with Crippen molar-refractivity contribution in [3.63, 3.8) is 0 Å². The molecule has 6 nitrogen and oxygen atoms in total. The van der Waals surface area contributed by atoms with E-state index in [9.17, 15) is 4.79 Å². The molecule has 3 rings (SSSR count). The van der Waals surface area contributed by atoms with Crippen LogP contribution >= 0.6 is 0 Å². The van der Waals surface area contributed by atoms with Crippen molar-refractivity contribution in [3.05, 3.63) is 35.1 Å². The van der Waals surface area contributed by atoms with Crippen molar-refractivity contribution < 1.29 is 18.8 Å². The van der Waals surface area contributed by atoms with Crippen LogP contribution in [0.5, 0.6) is 11.5 Å². The highest BCUT2D eigenvalue weighted by Crippen LogP contribution is 2.41. The van der Waals surface area contributed by atoms with Crippen molar-refractivity contribution in [1.29, 1.82) is 0 Å². The van der Waals surface area contributed by atoms with Crippen LogP contribution < -0.4 is 14.8 Å². The molecule has 6 heteroatoms. The van der Waals surface area contributed by atoms with Gasteiger partial charge in [-0.05, 0) is 48.9 Å². The smallest absolute Gasteiger partial charge is 0.226 e. The molecule has 0 radical (unpaired) electrons. The van der Waals surface area contributed by atoms with Gasteiger partial charge in [0.05, 0.1) is 14.2 Å². The summed E-state index contributed by atoms with van der Waals surface area (Å²) in [6.45, 7) is 1.79. The summed E-state index contributed by atoms with van der Waals surface area (Å²) in [5.41, 5.74) is 2.38. The Bertz CT molecular complexity index is 723. The third kappa shape index (κ3) is 3.16. The molecule has 0 saturated carbocycles. The molecule has 0 spiro atoms. The molecule has 0 saturated heterocycles. The second kappa shape index (κ2) is 6.32. The predicted molar refractivity (Wildman–Crippen MR) is 85.1 cm³/mol. The summed E-state index contributed by atoms with van der Waals surface area (Å²) in [7, 11) is 3.25. The van der Waals surface area contributed by atoms with Gasteiger partial charge >= 0.3 is 0 Å². The van der Waals surface area contributed by atoms with E-state index in [1.807, 2.05) is 12.1 Å². The number of carbonyl (C=O) groups is 1. The van der Waals surface area contributed by atoms with Crippen molar-refractivity contribution in [3.8, 4) is 11.5 Å². The molecule has 0 aliphatic heterocycles. The van der Waals surface area contributed by atoms with Crippen LogP contribution in [0.2, 0.25) is 0 Å². The number of aromatic nitrogens is 1. The number of ether oxygens (including phenoxy) is 2. The number of carbonyl (C=O) groups excluding carboxylic acids is 1. The number of hydrogen-bond acceptors (Lipinski definition) is 5. The van der Waals surface area contributed by atoms with Crippen molar-refractivity contribution in [2.75, 3.05) is 19.5 Å². The normalized spacial score (nSPS) is 16.0. The minimum absolute atomic E-state index is 0.0639. The first-order valence-electron chi connectivity index (χ1n) is 7.58. The first-order chi connectivity index (χ1) is 11.1. The van der Waals surface area contributed by atoms with Crippen molar-refractivity contribution >= 4 is 11.7 Å². The average molecular weight is 316 g/mol. The van der Waals surface area contributed by atoms with E-state index in [0.29, 0.717) is 23.7 Å². The molecule has 1 atom stereocenters. The Morgan fingerprint density at radius 2 is 2.04 bits per heavy atom. The number of nitrogens with zero attached hydrogens (tertiary/aromatic N) is 1. The zero-order chi connectivity index (χ0) is 16.4. The lowest BCUT2D eigenvalue weighted by Gasteiger charge is -2.14. The van der Waals surface area contributed by atoms with Crippen LogP contribution in [-0.4, -0.2) is 25.3 Å². The number of rotatable bonds is 5. The first-order valence-corrected chi connectivity index (χ1v) is 7.58. The Hall–Kier alpha value is -2.50. The third-order valence-electron chi connectivity index (χ3n) is 4.17. The number of anilines is 1. The van der Waals surface area contributed by atoms with Crippen LogP contribution in [0.25, 0.3) is 0 Å². The Morgan fingerprint density at radius 3 is 2.70 bits per heavy atom. The molecule has 1 aromatic heterocycles.